The van der Waals surface area contributed by atoms with Gasteiger partial charge in [-0.15, -0.1) is 0 Å². The lowest BCUT2D eigenvalue weighted by molar-refractivity contribution is -0.121. The van der Waals surface area contributed by atoms with E-state index in [-0.39, 0.29) is 5.91 Å². The minimum absolute atomic E-state index is 0.199. The van der Waals surface area contributed by atoms with Gasteiger partial charge in [0, 0.05) is 24.2 Å². The maximum atomic E-state index is 12.1. The summed E-state index contributed by atoms with van der Waals surface area (Å²) in [4.78, 5) is 14.6. The SMILES string of the molecule is CN1C2CCCC1CC(NC(=O)CNC1CCCC1)C2. The largest absolute Gasteiger partial charge is 0.352 e. The van der Waals surface area contributed by atoms with Gasteiger partial charge in [-0.25, -0.2) is 0 Å². The average Bonchev–Trinajstić information content (AvgIpc) is 2.91. The van der Waals surface area contributed by atoms with Crippen LogP contribution in [0.2, 0.25) is 0 Å². The standard InChI is InChI=1S/C16H29N3O/c1-19-14-7-4-8-15(19)10-13(9-14)18-16(20)11-17-12-5-2-3-6-12/h12-15,17H,2-11H2,1H3,(H,18,20). The third-order valence-corrected chi connectivity index (χ3v) is 5.61. The fourth-order valence-corrected chi connectivity index (χ4v) is 4.38. The molecular formula is C16H29N3O. The molecular weight excluding hydrogens is 250 g/mol. The Morgan fingerprint density at radius 1 is 1.00 bits per heavy atom. The number of hydrogen-bond acceptors (Lipinski definition) is 3. The summed E-state index contributed by atoms with van der Waals surface area (Å²) in [6.07, 6.45) is 11.4. The quantitative estimate of drug-likeness (QED) is 0.822. The molecule has 20 heavy (non-hydrogen) atoms. The Morgan fingerprint density at radius 3 is 2.30 bits per heavy atom. The predicted molar refractivity (Wildman–Crippen MR) is 80.6 cm³/mol. The molecule has 2 N–H and O–H groups in total. The van der Waals surface area contributed by atoms with Crippen LogP contribution in [0.15, 0.2) is 0 Å². The van der Waals surface area contributed by atoms with Crippen molar-refractivity contribution in [3.05, 3.63) is 0 Å². The second-order valence-corrected chi connectivity index (χ2v) is 7.00. The van der Waals surface area contributed by atoms with Crippen LogP contribution in [0.4, 0.5) is 0 Å². The molecule has 4 nitrogen and oxygen atoms in total. The second kappa shape index (κ2) is 6.44. The van der Waals surface area contributed by atoms with Crippen LogP contribution in [0.3, 0.4) is 0 Å². The van der Waals surface area contributed by atoms with Crippen LogP contribution in [0.5, 0.6) is 0 Å². The number of nitrogens with one attached hydrogen (secondary N) is 2. The molecule has 3 fully saturated rings. The van der Waals surface area contributed by atoms with Crippen LogP contribution in [0.1, 0.15) is 57.8 Å². The van der Waals surface area contributed by atoms with Crippen LogP contribution in [0, 0.1) is 0 Å². The lowest BCUT2D eigenvalue weighted by Crippen LogP contribution is -2.56. The summed E-state index contributed by atoms with van der Waals surface area (Å²) in [5.41, 5.74) is 0. The molecule has 3 aliphatic rings. The summed E-state index contributed by atoms with van der Waals surface area (Å²) >= 11 is 0. The van der Waals surface area contributed by atoms with Crippen molar-refractivity contribution in [2.45, 2.75) is 82.0 Å². The number of carbonyl (C=O) groups is 1. The Bertz CT molecular complexity index is 327. The first kappa shape index (κ1) is 14.3. The van der Waals surface area contributed by atoms with Gasteiger partial charge in [0.25, 0.3) is 0 Å². The molecule has 2 bridgehead atoms. The van der Waals surface area contributed by atoms with Gasteiger partial charge in [0.15, 0.2) is 0 Å². The van der Waals surface area contributed by atoms with Crippen LogP contribution >= 0.6 is 0 Å². The number of hydrogen-bond donors (Lipinski definition) is 2. The average molecular weight is 279 g/mol. The van der Waals surface area contributed by atoms with Gasteiger partial charge in [0.1, 0.15) is 0 Å². The van der Waals surface area contributed by atoms with Gasteiger partial charge in [-0.1, -0.05) is 19.3 Å². The fraction of sp³-hybridized carbons (Fsp3) is 0.938. The third-order valence-electron chi connectivity index (χ3n) is 5.61. The van der Waals surface area contributed by atoms with Gasteiger partial charge in [0.2, 0.25) is 5.91 Å². The molecule has 2 aliphatic heterocycles. The molecule has 1 amide bonds. The van der Waals surface area contributed by atoms with E-state index in [1.54, 1.807) is 0 Å². The van der Waals surface area contributed by atoms with E-state index in [0.29, 0.717) is 30.7 Å². The molecule has 114 valence electrons. The molecule has 3 rings (SSSR count). The fourth-order valence-electron chi connectivity index (χ4n) is 4.38. The first-order valence-electron chi connectivity index (χ1n) is 8.47. The minimum Gasteiger partial charge on any atom is -0.352 e. The van der Waals surface area contributed by atoms with E-state index in [1.807, 2.05) is 0 Å². The van der Waals surface area contributed by atoms with Crippen molar-refractivity contribution in [1.29, 1.82) is 0 Å². The van der Waals surface area contributed by atoms with E-state index < -0.39 is 0 Å². The molecule has 1 saturated carbocycles. The topological polar surface area (TPSA) is 44.4 Å². The molecule has 0 spiro atoms. The zero-order chi connectivity index (χ0) is 13.9. The number of rotatable bonds is 4. The van der Waals surface area contributed by atoms with Crippen molar-refractivity contribution < 1.29 is 4.79 Å². The number of piperidine rings is 2. The molecule has 0 aromatic heterocycles. The first-order valence-corrected chi connectivity index (χ1v) is 8.47. The number of amides is 1. The highest BCUT2D eigenvalue weighted by molar-refractivity contribution is 5.78. The Hall–Kier alpha value is -0.610. The summed E-state index contributed by atoms with van der Waals surface area (Å²) in [5, 5.41) is 6.67. The summed E-state index contributed by atoms with van der Waals surface area (Å²) in [7, 11) is 2.26. The molecule has 0 radical (unpaired) electrons. The molecule has 2 heterocycles. The number of fused-ring (bicyclic) bond motifs is 2. The van der Waals surface area contributed by atoms with Gasteiger partial charge >= 0.3 is 0 Å². The van der Waals surface area contributed by atoms with E-state index in [1.165, 1.54) is 44.9 Å². The molecule has 0 aromatic rings. The van der Waals surface area contributed by atoms with E-state index in [9.17, 15) is 4.79 Å². The third kappa shape index (κ3) is 3.34. The van der Waals surface area contributed by atoms with E-state index in [0.717, 1.165) is 12.8 Å². The van der Waals surface area contributed by atoms with Crippen molar-refractivity contribution >= 4 is 5.91 Å². The highest BCUT2D eigenvalue weighted by Crippen LogP contribution is 2.32. The Morgan fingerprint density at radius 2 is 1.65 bits per heavy atom. The van der Waals surface area contributed by atoms with Crippen molar-refractivity contribution in [2.24, 2.45) is 0 Å². The van der Waals surface area contributed by atoms with E-state index >= 15 is 0 Å². The van der Waals surface area contributed by atoms with Crippen molar-refractivity contribution in [3.63, 3.8) is 0 Å². The van der Waals surface area contributed by atoms with Crippen LogP contribution in [-0.2, 0) is 4.79 Å². The Kier molecular flexibility index (Phi) is 4.61. The molecule has 4 heteroatoms. The normalized spacial score (nSPS) is 35.1. The van der Waals surface area contributed by atoms with Gasteiger partial charge < -0.3 is 15.5 Å². The van der Waals surface area contributed by atoms with Crippen molar-refractivity contribution in [3.8, 4) is 0 Å². The van der Waals surface area contributed by atoms with Crippen LogP contribution in [0.25, 0.3) is 0 Å². The van der Waals surface area contributed by atoms with Gasteiger partial charge in [-0.05, 0) is 45.6 Å². The number of carbonyl (C=O) groups excluding carboxylic acids is 1. The zero-order valence-corrected chi connectivity index (χ0v) is 12.7. The van der Waals surface area contributed by atoms with Crippen LogP contribution in [-0.4, -0.2) is 48.6 Å². The molecule has 2 atom stereocenters. The van der Waals surface area contributed by atoms with Crippen molar-refractivity contribution in [1.82, 2.24) is 15.5 Å². The van der Waals surface area contributed by atoms with Gasteiger partial charge in [-0.2, -0.15) is 0 Å². The molecule has 0 aromatic carbocycles. The molecule has 1 aliphatic carbocycles. The second-order valence-electron chi connectivity index (χ2n) is 7.00. The smallest absolute Gasteiger partial charge is 0.234 e. The van der Waals surface area contributed by atoms with Gasteiger partial charge in [-0.3, -0.25) is 4.79 Å². The summed E-state index contributed by atoms with van der Waals surface area (Å²) in [6, 6.07) is 2.36. The summed E-state index contributed by atoms with van der Waals surface area (Å²) < 4.78 is 0. The monoisotopic (exact) mass is 279 g/mol. The Labute approximate surface area is 122 Å². The highest BCUT2D eigenvalue weighted by Gasteiger charge is 2.36. The summed E-state index contributed by atoms with van der Waals surface area (Å²) in [6.45, 7) is 0.506. The molecule has 2 unspecified atom stereocenters. The van der Waals surface area contributed by atoms with Crippen LogP contribution < -0.4 is 10.6 Å². The highest BCUT2D eigenvalue weighted by atomic mass is 16.2. The molecule has 2 saturated heterocycles. The van der Waals surface area contributed by atoms with Crippen molar-refractivity contribution in [2.75, 3.05) is 13.6 Å². The van der Waals surface area contributed by atoms with E-state index in [4.69, 9.17) is 0 Å². The van der Waals surface area contributed by atoms with E-state index in [2.05, 4.69) is 22.6 Å². The lowest BCUT2D eigenvalue weighted by Gasteiger charge is -2.47. The first-order chi connectivity index (χ1) is 9.72. The maximum absolute atomic E-state index is 12.1. The summed E-state index contributed by atoms with van der Waals surface area (Å²) in [5.74, 6) is 0.199. The van der Waals surface area contributed by atoms with Gasteiger partial charge in [0.05, 0.1) is 6.54 Å². The Balaban J connectivity index is 1.42. The number of nitrogens with zero attached hydrogens (tertiary/aromatic N) is 1. The minimum atomic E-state index is 0.199. The predicted octanol–water partition coefficient (Wildman–Crippen LogP) is 1.65. The maximum Gasteiger partial charge on any atom is 0.234 e. The lowest BCUT2D eigenvalue weighted by atomic mass is 9.82. The zero-order valence-electron chi connectivity index (χ0n) is 12.7.